The van der Waals surface area contributed by atoms with Gasteiger partial charge in [-0.15, -0.1) is 0 Å². The van der Waals surface area contributed by atoms with Gasteiger partial charge in [-0.3, -0.25) is 4.98 Å². The molecule has 1 atom stereocenters. The Bertz CT molecular complexity index is 376. The van der Waals surface area contributed by atoms with Gasteiger partial charge in [-0.25, -0.2) is 4.98 Å². The van der Waals surface area contributed by atoms with Gasteiger partial charge in [-0.05, 0) is 46.1 Å². The molecule has 1 saturated heterocycles. The van der Waals surface area contributed by atoms with Crippen molar-refractivity contribution in [1.82, 2.24) is 9.97 Å². The Morgan fingerprint density at radius 3 is 3.00 bits per heavy atom. The maximum absolute atomic E-state index is 5.70. The van der Waals surface area contributed by atoms with Crippen LogP contribution in [-0.4, -0.2) is 29.1 Å². The third-order valence-corrected chi connectivity index (χ3v) is 3.45. The molecular weight excluding hydrogens is 212 g/mol. The highest BCUT2D eigenvalue weighted by molar-refractivity contribution is 5.44. The summed E-state index contributed by atoms with van der Waals surface area (Å²) >= 11 is 0. The Kier molecular flexibility index (Phi) is 3.94. The first-order chi connectivity index (χ1) is 8.22. The lowest BCUT2D eigenvalue weighted by molar-refractivity contribution is 0.437. The molecule has 0 amide bonds. The Labute approximate surface area is 103 Å². The molecule has 1 fully saturated rings. The van der Waals surface area contributed by atoms with Gasteiger partial charge in [-0.1, -0.05) is 0 Å². The van der Waals surface area contributed by atoms with Gasteiger partial charge in [0.15, 0.2) is 5.82 Å². The van der Waals surface area contributed by atoms with Crippen LogP contribution in [0.4, 0.5) is 5.82 Å². The van der Waals surface area contributed by atoms with Gasteiger partial charge >= 0.3 is 0 Å². The summed E-state index contributed by atoms with van der Waals surface area (Å²) in [5, 5.41) is 0. The van der Waals surface area contributed by atoms with Crippen LogP contribution in [0, 0.1) is 13.8 Å². The van der Waals surface area contributed by atoms with Gasteiger partial charge in [0.2, 0.25) is 0 Å². The van der Waals surface area contributed by atoms with Crippen molar-refractivity contribution in [2.45, 2.75) is 45.6 Å². The average molecular weight is 234 g/mol. The van der Waals surface area contributed by atoms with E-state index in [9.17, 15) is 0 Å². The monoisotopic (exact) mass is 234 g/mol. The summed E-state index contributed by atoms with van der Waals surface area (Å²) in [4.78, 5) is 11.5. The minimum absolute atomic E-state index is 0.545. The van der Waals surface area contributed by atoms with Gasteiger partial charge < -0.3 is 10.6 Å². The molecule has 0 radical (unpaired) electrons. The number of anilines is 1. The molecular formula is C13H22N4. The summed E-state index contributed by atoms with van der Waals surface area (Å²) in [7, 11) is 0. The van der Waals surface area contributed by atoms with E-state index in [1.165, 1.54) is 19.3 Å². The lowest BCUT2D eigenvalue weighted by atomic mass is 9.99. The first kappa shape index (κ1) is 12.3. The van der Waals surface area contributed by atoms with Crippen molar-refractivity contribution in [3.8, 4) is 0 Å². The lowest BCUT2D eigenvalue weighted by Crippen LogP contribution is -2.41. The van der Waals surface area contributed by atoms with Crippen LogP contribution in [0.15, 0.2) is 6.20 Å². The zero-order valence-electron chi connectivity index (χ0n) is 10.8. The highest BCUT2D eigenvalue weighted by Crippen LogP contribution is 2.26. The third-order valence-electron chi connectivity index (χ3n) is 3.45. The van der Waals surface area contributed by atoms with E-state index in [-0.39, 0.29) is 0 Å². The predicted octanol–water partition coefficient (Wildman–Crippen LogP) is 1.80. The van der Waals surface area contributed by atoms with Gasteiger partial charge in [-0.2, -0.15) is 0 Å². The van der Waals surface area contributed by atoms with E-state index in [1.807, 2.05) is 20.0 Å². The largest absolute Gasteiger partial charge is 0.352 e. The van der Waals surface area contributed by atoms with E-state index in [0.29, 0.717) is 6.04 Å². The van der Waals surface area contributed by atoms with Crippen molar-refractivity contribution >= 4 is 5.82 Å². The highest BCUT2D eigenvalue weighted by atomic mass is 15.2. The number of nitrogens with zero attached hydrogens (tertiary/aromatic N) is 3. The molecule has 1 aromatic heterocycles. The van der Waals surface area contributed by atoms with E-state index in [4.69, 9.17) is 5.73 Å². The highest BCUT2D eigenvalue weighted by Gasteiger charge is 2.24. The standard InChI is InChI=1S/C13H22N4/c1-10-9-15-11(2)13(16-10)17-8-4-3-5-12(17)6-7-14/h9,12H,3-8,14H2,1-2H3. The Balaban J connectivity index is 2.25. The molecule has 17 heavy (non-hydrogen) atoms. The minimum Gasteiger partial charge on any atom is -0.352 e. The van der Waals surface area contributed by atoms with Crippen LogP contribution >= 0.6 is 0 Å². The fourth-order valence-electron chi connectivity index (χ4n) is 2.57. The number of aromatic nitrogens is 2. The number of rotatable bonds is 3. The molecule has 2 N–H and O–H groups in total. The topological polar surface area (TPSA) is 55.0 Å². The van der Waals surface area contributed by atoms with Gasteiger partial charge in [0.25, 0.3) is 0 Å². The van der Waals surface area contributed by atoms with Gasteiger partial charge in [0.05, 0.1) is 11.4 Å². The van der Waals surface area contributed by atoms with Crippen molar-refractivity contribution < 1.29 is 0 Å². The van der Waals surface area contributed by atoms with Crippen LogP contribution in [0.1, 0.15) is 37.1 Å². The molecule has 1 aromatic rings. The third kappa shape index (κ3) is 2.75. The number of nitrogens with two attached hydrogens (primary N) is 1. The molecule has 0 saturated carbocycles. The minimum atomic E-state index is 0.545. The maximum atomic E-state index is 5.70. The average Bonchev–Trinajstić information content (AvgIpc) is 2.34. The van der Waals surface area contributed by atoms with Crippen LogP contribution in [0.25, 0.3) is 0 Å². The zero-order valence-corrected chi connectivity index (χ0v) is 10.8. The molecule has 1 aliphatic rings. The number of aryl methyl sites for hydroxylation is 2. The molecule has 2 rings (SSSR count). The van der Waals surface area contributed by atoms with Gasteiger partial charge in [0.1, 0.15) is 0 Å². The van der Waals surface area contributed by atoms with Crippen molar-refractivity contribution in [1.29, 1.82) is 0 Å². The molecule has 4 nitrogen and oxygen atoms in total. The summed E-state index contributed by atoms with van der Waals surface area (Å²) in [6.45, 7) is 5.87. The number of hydrogen-bond donors (Lipinski definition) is 1. The molecule has 0 spiro atoms. The Hall–Kier alpha value is -1.16. The van der Waals surface area contributed by atoms with Crippen LogP contribution < -0.4 is 10.6 Å². The second kappa shape index (κ2) is 5.45. The Morgan fingerprint density at radius 1 is 1.41 bits per heavy atom. The molecule has 2 heterocycles. The Morgan fingerprint density at radius 2 is 2.24 bits per heavy atom. The fraction of sp³-hybridized carbons (Fsp3) is 0.692. The van der Waals surface area contributed by atoms with E-state index >= 15 is 0 Å². The zero-order chi connectivity index (χ0) is 12.3. The van der Waals surface area contributed by atoms with Gasteiger partial charge in [0, 0.05) is 18.8 Å². The summed E-state index contributed by atoms with van der Waals surface area (Å²) in [5.41, 5.74) is 7.72. The lowest BCUT2D eigenvalue weighted by Gasteiger charge is -2.37. The summed E-state index contributed by atoms with van der Waals surface area (Å²) in [5.74, 6) is 1.06. The molecule has 4 heteroatoms. The first-order valence-electron chi connectivity index (χ1n) is 6.49. The second-order valence-corrected chi connectivity index (χ2v) is 4.84. The van der Waals surface area contributed by atoms with Crippen molar-refractivity contribution in [2.75, 3.05) is 18.0 Å². The summed E-state index contributed by atoms with van der Waals surface area (Å²) < 4.78 is 0. The molecule has 1 unspecified atom stereocenters. The SMILES string of the molecule is Cc1cnc(C)c(N2CCCCC2CCN)n1. The number of piperidine rings is 1. The second-order valence-electron chi connectivity index (χ2n) is 4.84. The van der Waals surface area contributed by atoms with Crippen molar-refractivity contribution in [3.63, 3.8) is 0 Å². The van der Waals surface area contributed by atoms with Crippen molar-refractivity contribution in [3.05, 3.63) is 17.6 Å². The fourth-order valence-corrected chi connectivity index (χ4v) is 2.57. The smallest absolute Gasteiger partial charge is 0.150 e. The maximum Gasteiger partial charge on any atom is 0.150 e. The van der Waals surface area contributed by atoms with E-state index in [2.05, 4.69) is 14.9 Å². The molecule has 1 aliphatic heterocycles. The number of hydrogen-bond acceptors (Lipinski definition) is 4. The molecule has 0 bridgehead atoms. The van der Waals surface area contributed by atoms with Crippen molar-refractivity contribution in [2.24, 2.45) is 5.73 Å². The quantitative estimate of drug-likeness (QED) is 0.866. The predicted molar refractivity (Wildman–Crippen MR) is 70.2 cm³/mol. The molecule has 0 aromatic carbocycles. The van der Waals surface area contributed by atoms with Crippen LogP contribution in [0.5, 0.6) is 0 Å². The molecule has 94 valence electrons. The van der Waals surface area contributed by atoms with E-state index < -0.39 is 0 Å². The summed E-state index contributed by atoms with van der Waals surface area (Å²) in [6.07, 6.45) is 6.66. The summed E-state index contributed by atoms with van der Waals surface area (Å²) in [6, 6.07) is 0.545. The normalized spacial score (nSPS) is 20.6. The first-order valence-corrected chi connectivity index (χ1v) is 6.49. The van der Waals surface area contributed by atoms with Crippen LogP contribution in [0.3, 0.4) is 0 Å². The van der Waals surface area contributed by atoms with Crippen LogP contribution in [0.2, 0.25) is 0 Å². The van der Waals surface area contributed by atoms with E-state index in [1.54, 1.807) is 0 Å². The molecule has 0 aliphatic carbocycles. The van der Waals surface area contributed by atoms with Crippen LogP contribution in [-0.2, 0) is 0 Å². The van der Waals surface area contributed by atoms with E-state index in [0.717, 1.165) is 36.7 Å².